The van der Waals surface area contributed by atoms with Crippen LogP contribution in [0.2, 0.25) is 0 Å². The predicted octanol–water partition coefficient (Wildman–Crippen LogP) is 5.88. The lowest BCUT2D eigenvalue weighted by atomic mass is 9.80. The van der Waals surface area contributed by atoms with Gasteiger partial charge in [0.2, 0.25) is 0 Å². The van der Waals surface area contributed by atoms with Crippen LogP contribution in [0.1, 0.15) is 38.8 Å². The standard InChI is InChI=1S/C62H101N5O18/c1-61(2)55-51-53(84-49-47-82-45-43-80-40-37-76-28-25-70-7)13-15-57(55)66(18-21-72-30-33-78-38-35-74-26-23-68-5)59(61)11-9-8-10-12-60-62(3,4)56-52-54(85-50-48-83-46-44-81-42-41-77-32-29-71-20-17-64-65-63)14-16-58(56)67(60)19-22-73-31-34-79-39-36-75-27-24-69-6/h8-16,51-52,59H,17-50H2,1-7H3/p+1/b10-8+,11-9+,60-12+. The molecule has 2 aliphatic heterocycles. The minimum Gasteiger partial charge on any atom is -0.491 e. The summed E-state index contributed by atoms with van der Waals surface area (Å²) in [5.41, 5.74) is 13.6. The lowest BCUT2D eigenvalue weighted by Gasteiger charge is -2.27. The van der Waals surface area contributed by atoms with Crippen molar-refractivity contribution in [1.29, 1.82) is 0 Å². The minimum atomic E-state index is -0.356. The van der Waals surface area contributed by atoms with E-state index in [0.717, 1.165) is 35.0 Å². The van der Waals surface area contributed by atoms with Crippen molar-refractivity contribution < 1.29 is 90.2 Å². The number of hydrogen-bond donors (Lipinski definition) is 1. The number of benzene rings is 2. The smallest absolute Gasteiger partial charge is 0.136 e. The molecule has 0 aromatic heterocycles. The molecule has 0 fully saturated rings. The first-order chi connectivity index (χ1) is 41.7. The summed E-state index contributed by atoms with van der Waals surface area (Å²) >= 11 is 0. The maximum absolute atomic E-state index is 8.32. The number of nitrogens with zero attached hydrogens (tertiary/aromatic N) is 4. The molecule has 23 heteroatoms. The maximum Gasteiger partial charge on any atom is 0.136 e. The first-order valence-electron chi connectivity index (χ1n) is 29.9. The fourth-order valence-corrected chi connectivity index (χ4v) is 9.45. The number of nitrogens with one attached hydrogen (secondary N) is 1. The predicted molar refractivity (Wildman–Crippen MR) is 323 cm³/mol. The van der Waals surface area contributed by atoms with E-state index in [1.807, 2.05) is 6.07 Å². The third-order valence-electron chi connectivity index (χ3n) is 13.8. The van der Waals surface area contributed by atoms with E-state index in [0.29, 0.717) is 218 Å². The number of methoxy groups -OCH3 is 3. The second kappa shape index (κ2) is 46.8. The van der Waals surface area contributed by atoms with Crippen LogP contribution in [0.15, 0.2) is 77.6 Å². The van der Waals surface area contributed by atoms with Crippen LogP contribution in [0, 0.1) is 0 Å². The molecule has 85 heavy (non-hydrogen) atoms. The average Bonchev–Trinajstić information content (AvgIpc) is 2.03. The maximum atomic E-state index is 8.32. The Morgan fingerprint density at radius 1 is 0.471 bits per heavy atom. The van der Waals surface area contributed by atoms with E-state index in [-0.39, 0.29) is 16.9 Å². The quantitative estimate of drug-likeness (QED) is 0.0269. The van der Waals surface area contributed by atoms with Crippen molar-refractivity contribution in [2.24, 2.45) is 5.11 Å². The molecule has 0 radical (unpaired) electrons. The number of quaternary nitrogens is 1. The number of fused-ring (bicyclic) bond motifs is 2. The van der Waals surface area contributed by atoms with Gasteiger partial charge in [-0.1, -0.05) is 37.2 Å². The monoisotopic (exact) mass is 1200 g/mol. The summed E-state index contributed by atoms with van der Waals surface area (Å²) in [7, 11) is 4.97. The fraction of sp³-hybridized carbons (Fsp3) is 0.710. The first-order valence-corrected chi connectivity index (χ1v) is 29.9. The second-order valence-corrected chi connectivity index (χ2v) is 20.5. The van der Waals surface area contributed by atoms with Crippen LogP contribution < -0.4 is 19.3 Å². The van der Waals surface area contributed by atoms with Gasteiger partial charge >= 0.3 is 0 Å². The van der Waals surface area contributed by atoms with Crippen molar-refractivity contribution in [3.8, 4) is 11.5 Å². The molecular formula is C62H102N5O18+. The van der Waals surface area contributed by atoms with Gasteiger partial charge in [0.15, 0.2) is 0 Å². The van der Waals surface area contributed by atoms with Crippen molar-refractivity contribution in [1.82, 2.24) is 0 Å². The van der Waals surface area contributed by atoms with Gasteiger partial charge in [-0.2, -0.15) is 0 Å². The highest BCUT2D eigenvalue weighted by atomic mass is 16.6. The summed E-state index contributed by atoms with van der Waals surface area (Å²) in [5, 5.41) is 3.43. The summed E-state index contributed by atoms with van der Waals surface area (Å²) in [4.78, 5) is 6.37. The summed E-state index contributed by atoms with van der Waals surface area (Å²) < 4.78 is 101. The van der Waals surface area contributed by atoms with Crippen LogP contribution in [-0.4, -0.2) is 252 Å². The molecule has 482 valence electrons. The van der Waals surface area contributed by atoms with E-state index < -0.39 is 0 Å². The molecule has 2 aromatic rings. The van der Waals surface area contributed by atoms with E-state index in [4.69, 9.17) is 90.8 Å². The highest BCUT2D eigenvalue weighted by Gasteiger charge is 2.48. The van der Waals surface area contributed by atoms with Gasteiger partial charge in [-0.05, 0) is 67.4 Å². The highest BCUT2D eigenvalue weighted by Crippen LogP contribution is 2.49. The average molecular weight is 1210 g/mol. The minimum absolute atomic E-state index is 0.101. The van der Waals surface area contributed by atoms with Gasteiger partial charge in [0.1, 0.15) is 43.0 Å². The van der Waals surface area contributed by atoms with Gasteiger partial charge in [-0.15, -0.1) is 0 Å². The number of rotatable bonds is 56. The molecule has 0 saturated heterocycles. The lowest BCUT2D eigenvalue weighted by molar-refractivity contribution is -0.851. The third kappa shape index (κ3) is 29.5. The van der Waals surface area contributed by atoms with Gasteiger partial charge in [-0.3, -0.25) is 4.90 Å². The molecule has 23 nitrogen and oxygen atoms in total. The molecular weight excluding hydrogens is 1100 g/mol. The van der Waals surface area contributed by atoms with E-state index >= 15 is 0 Å². The van der Waals surface area contributed by atoms with Crippen molar-refractivity contribution >= 4 is 11.4 Å². The molecule has 4 rings (SSSR count). The summed E-state index contributed by atoms with van der Waals surface area (Å²) in [6.45, 7) is 25.9. The van der Waals surface area contributed by atoms with Gasteiger partial charge in [0, 0.05) is 67.8 Å². The van der Waals surface area contributed by atoms with E-state index in [9.17, 15) is 0 Å². The number of allylic oxidation sites excluding steroid dienone is 5. The highest BCUT2D eigenvalue weighted by molar-refractivity contribution is 5.72. The molecule has 0 spiro atoms. The van der Waals surface area contributed by atoms with Crippen LogP contribution in [0.3, 0.4) is 0 Å². The fourth-order valence-electron chi connectivity index (χ4n) is 9.45. The van der Waals surface area contributed by atoms with Gasteiger partial charge in [0.05, 0.1) is 197 Å². The Morgan fingerprint density at radius 3 is 1.33 bits per heavy atom. The molecule has 2 aliphatic rings. The normalized spacial score (nSPS) is 16.5. The lowest BCUT2D eigenvalue weighted by Crippen LogP contribution is -3.11. The van der Waals surface area contributed by atoms with Crippen molar-refractivity contribution in [3.63, 3.8) is 0 Å². The van der Waals surface area contributed by atoms with Crippen molar-refractivity contribution in [3.05, 3.63) is 94.0 Å². The molecule has 1 N–H and O–H groups in total. The van der Waals surface area contributed by atoms with Crippen LogP contribution >= 0.6 is 0 Å². The number of anilines is 1. The zero-order chi connectivity index (χ0) is 60.7. The Hall–Kier alpha value is -4.31. The zero-order valence-electron chi connectivity index (χ0n) is 52.1. The zero-order valence-corrected chi connectivity index (χ0v) is 52.1. The molecule has 0 amide bonds. The Bertz CT molecular complexity index is 2160. The van der Waals surface area contributed by atoms with Gasteiger partial charge in [-0.25, -0.2) is 0 Å². The second-order valence-electron chi connectivity index (χ2n) is 20.5. The van der Waals surface area contributed by atoms with E-state index in [1.54, 1.807) is 21.3 Å². The number of ether oxygens (including phenoxy) is 18. The Balaban J connectivity index is 1.38. The molecule has 0 aliphatic carbocycles. The number of azide groups is 1. The van der Waals surface area contributed by atoms with Gasteiger partial charge in [0.25, 0.3) is 0 Å². The molecule has 2 unspecified atom stereocenters. The van der Waals surface area contributed by atoms with Crippen LogP contribution in [-0.2, 0) is 86.6 Å². The summed E-state index contributed by atoms with van der Waals surface area (Å²) in [6, 6.07) is 12.8. The molecule has 2 heterocycles. The third-order valence-corrected chi connectivity index (χ3v) is 13.8. The van der Waals surface area contributed by atoms with Crippen LogP contribution in [0.25, 0.3) is 10.4 Å². The van der Waals surface area contributed by atoms with E-state index in [2.05, 4.69) is 103 Å². The molecule has 0 saturated carbocycles. The molecule has 2 aromatic carbocycles. The van der Waals surface area contributed by atoms with Crippen LogP contribution in [0.4, 0.5) is 11.4 Å². The summed E-state index contributed by atoms with van der Waals surface area (Å²) in [5.74, 6) is 1.58. The van der Waals surface area contributed by atoms with Crippen molar-refractivity contribution in [2.75, 3.05) is 251 Å². The molecule has 2 atom stereocenters. The summed E-state index contributed by atoms with van der Waals surface area (Å²) in [6.07, 6.45) is 11.0. The Kier molecular flexibility index (Phi) is 40.3. The number of hydrogen-bond acceptors (Lipinski definition) is 20. The van der Waals surface area contributed by atoms with Crippen molar-refractivity contribution in [2.45, 2.75) is 44.6 Å². The topological polar surface area (TPSA) is 223 Å². The Morgan fingerprint density at radius 2 is 0.871 bits per heavy atom. The van der Waals surface area contributed by atoms with E-state index in [1.165, 1.54) is 16.2 Å². The Labute approximate surface area is 505 Å². The van der Waals surface area contributed by atoms with Gasteiger partial charge < -0.3 is 90.2 Å². The SMILES string of the molecule is COCCOCCOCCOCCOc1ccc2c(c1)C(C)(C)C(/C=C/C=C/C=C1/N(CCOCCOCCOCCOC)c3ccc(OCCOCCOCCOCCOCCN=[N+]=[N-])cc3C1(C)C)[NH+]2CCOCCOCCOCCOC. The molecule has 0 bridgehead atoms. The first kappa shape index (κ1) is 73.2. The largest absolute Gasteiger partial charge is 0.491 e. The van der Waals surface area contributed by atoms with Crippen LogP contribution in [0.5, 0.6) is 11.5 Å².